The smallest absolute Gasteiger partial charge is 0.243 e. The van der Waals surface area contributed by atoms with E-state index in [1.807, 2.05) is 0 Å². The molecule has 2 unspecified atom stereocenters. The number of nitrogens with two attached hydrogens (primary N) is 1. The lowest BCUT2D eigenvalue weighted by Gasteiger charge is -2.29. The van der Waals surface area contributed by atoms with Crippen LogP contribution < -0.4 is 10.5 Å². The lowest BCUT2D eigenvalue weighted by Crippen LogP contribution is -2.29. The molecule has 1 saturated carbocycles. The minimum Gasteiger partial charge on any atom is -0.472 e. The fourth-order valence-electron chi connectivity index (χ4n) is 2.18. The Hall–Kier alpha value is -1.23. The van der Waals surface area contributed by atoms with Gasteiger partial charge in [-0.1, -0.05) is 25.6 Å². The van der Waals surface area contributed by atoms with Gasteiger partial charge in [-0.25, -0.2) is 9.97 Å². The highest BCUT2D eigenvalue weighted by molar-refractivity contribution is 7.80. The first-order valence-corrected chi connectivity index (χ1v) is 6.36. The van der Waals surface area contributed by atoms with E-state index < -0.39 is 0 Å². The Morgan fingerprint density at radius 1 is 1.35 bits per heavy atom. The monoisotopic (exact) mass is 251 g/mol. The molecule has 17 heavy (non-hydrogen) atoms. The first-order valence-electron chi connectivity index (χ1n) is 5.96. The van der Waals surface area contributed by atoms with Gasteiger partial charge in [0.2, 0.25) is 5.88 Å². The van der Waals surface area contributed by atoms with Crippen LogP contribution in [-0.2, 0) is 0 Å². The van der Waals surface area contributed by atoms with Crippen molar-refractivity contribution in [2.24, 2.45) is 11.7 Å². The minimum absolute atomic E-state index is 0.202. The van der Waals surface area contributed by atoms with Crippen molar-refractivity contribution >= 4 is 17.2 Å². The van der Waals surface area contributed by atoms with Gasteiger partial charge in [-0.05, 0) is 25.2 Å². The average Bonchev–Trinajstić information content (AvgIpc) is 2.32. The summed E-state index contributed by atoms with van der Waals surface area (Å²) in [5, 5.41) is 0. The Morgan fingerprint density at radius 3 is 2.76 bits per heavy atom. The van der Waals surface area contributed by atoms with Crippen molar-refractivity contribution in [1.82, 2.24) is 9.97 Å². The van der Waals surface area contributed by atoms with E-state index in [0.717, 1.165) is 6.42 Å². The molecular weight excluding hydrogens is 234 g/mol. The first kappa shape index (κ1) is 12.2. The molecule has 0 aromatic carbocycles. The fourth-order valence-corrected chi connectivity index (χ4v) is 2.32. The summed E-state index contributed by atoms with van der Waals surface area (Å²) < 4.78 is 5.92. The van der Waals surface area contributed by atoms with Crippen LogP contribution in [0.1, 0.15) is 38.3 Å². The molecule has 0 bridgehead atoms. The van der Waals surface area contributed by atoms with Crippen LogP contribution in [0.15, 0.2) is 12.4 Å². The van der Waals surface area contributed by atoms with E-state index in [-0.39, 0.29) is 11.1 Å². The van der Waals surface area contributed by atoms with Crippen LogP contribution >= 0.6 is 12.2 Å². The zero-order chi connectivity index (χ0) is 12.3. The van der Waals surface area contributed by atoms with Gasteiger partial charge in [0.25, 0.3) is 0 Å². The standard InChI is InChI=1S/C12H17N3OS/c1-8-4-2-3-5-9(8)16-12-10(11(13)17)14-6-7-15-12/h6-9H,2-5H2,1H3,(H2,13,17). The maximum atomic E-state index is 5.92. The molecule has 0 saturated heterocycles. The van der Waals surface area contributed by atoms with Crippen LogP contribution in [0.4, 0.5) is 0 Å². The Labute approximate surface area is 107 Å². The molecular formula is C12H17N3OS. The molecule has 2 N–H and O–H groups in total. The molecule has 4 nitrogen and oxygen atoms in total. The molecule has 1 fully saturated rings. The zero-order valence-electron chi connectivity index (χ0n) is 9.93. The molecule has 1 aliphatic carbocycles. The Kier molecular flexibility index (Phi) is 3.89. The van der Waals surface area contributed by atoms with E-state index in [2.05, 4.69) is 16.9 Å². The van der Waals surface area contributed by atoms with Crippen molar-refractivity contribution in [1.29, 1.82) is 0 Å². The molecule has 2 atom stereocenters. The molecule has 0 spiro atoms. The molecule has 1 aromatic rings. The van der Waals surface area contributed by atoms with Crippen LogP contribution in [0, 0.1) is 5.92 Å². The summed E-state index contributed by atoms with van der Waals surface area (Å²) in [4.78, 5) is 8.52. The van der Waals surface area contributed by atoms with E-state index in [0.29, 0.717) is 17.5 Å². The molecule has 5 heteroatoms. The molecule has 1 heterocycles. The van der Waals surface area contributed by atoms with Gasteiger partial charge in [0.15, 0.2) is 5.69 Å². The van der Waals surface area contributed by atoms with Gasteiger partial charge in [-0.3, -0.25) is 0 Å². The Bertz CT molecular complexity index is 410. The highest BCUT2D eigenvalue weighted by Crippen LogP contribution is 2.28. The van der Waals surface area contributed by atoms with Gasteiger partial charge in [0.1, 0.15) is 11.1 Å². The van der Waals surface area contributed by atoms with Crippen molar-refractivity contribution in [2.75, 3.05) is 0 Å². The van der Waals surface area contributed by atoms with Gasteiger partial charge in [0, 0.05) is 12.4 Å². The molecule has 0 aliphatic heterocycles. The van der Waals surface area contributed by atoms with E-state index in [1.165, 1.54) is 19.3 Å². The van der Waals surface area contributed by atoms with E-state index in [9.17, 15) is 0 Å². The van der Waals surface area contributed by atoms with Crippen LogP contribution in [0.3, 0.4) is 0 Å². The summed E-state index contributed by atoms with van der Waals surface area (Å²) in [5.41, 5.74) is 6.09. The average molecular weight is 251 g/mol. The zero-order valence-corrected chi connectivity index (χ0v) is 10.7. The first-order chi connectivity index (χ1) is 8.18. The minimum atomic E-state index is 0.202. The number of hydrogen-bond donors (Lipinski definition) is 1. The topological polar surface area (TPSA) is 61.0 Å². The second kappa shape index (κ2) is 5.40. The number of aromatic nitrogens is 2. The quantitative estimate of drug-likeness (QED) is 0.833. The maximum absolute atomic E-state index is 5.92. The van der Waals surface area contributed by atoms with Crippen molar-refractivity contribution in [3.63, 3.8) is 0 Å². The summed E-state index contributed by atoms with van der Waals surface area (Å²) in [5.74, 6) is 1.02. The molecule has 2 rings (SSSR count). The van der Waals surface area contributed by atoms with Crippen LogP contribution in [0.25, 0.3) is 0 Å². The number of ether oxygens (including phenoxy) is 1. The van der Waals surface area contributed by atoms with Gasteiger partial charge >= 0.3 is 0 Å². The predicted molar refractivity (Wildman–Crippen MR) is 70.0 cm³/mol. The number of thiocarbonyl (C=S) groups is 1. The summed E-state index contributed by atoms with van der Waals surface area (Å²) in [6, 6.07) is 0. The molecule has 1 aromatic heterocycles. The van der Waals surface area contributed by atoms with E-state index in [1.54, 1.807) is 12.4 Å². The number of nitrogens with zero attached hydrogens (tertiary/aromatic N) is 2. The van der Waals surface area contributed by atoms with Gasteiger partial charge < -0.3 is 10.5 Å². The van der Waals surface area contributed by atoms with Crippen LogP contribution in [0.5, 0.6) is 5.88 Å². The summed E-state index contributed by atoms with van der Waals surface area (Å²) in [6.45, 7) is 2.21. The van der Waals surface area contributed by atoms with Crippen molar-refractivity contribution in [3.8, 4) is 5.88 Å². The van der Waals surface area contributed by atoms with Crippen LogP contribution in [0.2, 0.25) is 0 Å². The number of hydrogen-bond acceptors (Lipinski definition) is 4. The third kappa shape index (κ3) is 2.91. The second-order valence-corrected chi connectivity index (χ2v) is 4.93. The Morgan fingerprint density at radius 2 is 2.06 bits per heavy atom. The largest absolute Gasteiger partial charge is 0.472 e. The SMILES string of the molecule is CC1CCCCC1Oc1nccnc1C(N)=S. The third-order valence-electron chi connectivity index (χ3n) is 3.19. The predicted octanol–water partition coefficient (Wildman–Crippen LogP) is 2.07. The fraction of sp³-hybridized carbons (Fsp3) is 0.583. The lowest BCUT2D eigenvalue weighted by molar-refractivity contribution is 0.0969. The molecule has 92 valence electrons. The van der Waals surface area contributed by atoms with Crippen molar-refractivity contribution in [3.05, 3.63) is 18.1 Å². The van der Waals surface area contributed by atoms with Gasteiger partial charge in [-0.15, -0.1) is 0 Å². The number of rotatable bonds is 3. The maximum Gasteiger partial charge on any atom is 0.243 e. The molecule has 1 aliphatic rings. The van der Waals surface area contributed by atoms with Crippen molar-refractivity contribution in [2.45, 2.75) is 38.7 Å². The summed E-state index contributed by atoms with van der Waals surface area (Å²) in [7, 11) is 0. The normalized spacial score (nSPS) is 24.3. The highest BCUT2D eigenvalue weighted by atomic mass is 32.1. The summed E-state index contributed by atoms with van der Waals surface area (Å²) in [6.07, 6.45) is 8.13. The summed E-state index contributed by atoms with van der Waals surface area (Å²) >= 11 is 4.94. The van der Waals surface area contributed by atoms with E-state index >= 15 is 0 Å². The van der Waals surface area contributed by atoms with Crippen LogP contribution in [-0.4, -0.2) is 21.1 Å². The van der Waals surface area contributed by atoms with E-state index in [4.69, 9.17) is 22.7 Å². The molecule has 0 amide bonds. The second-order valence-electron chi connectivity index (χ2n) is 4.49. The molecule has 0 radical (unpaired) electrons. The Balaban J connectivity index is 2.14. The highest BCUT2D eigenvalue weighted by Gasteiger charge is 2.24. The van der Waals surface area contributed by atoms with Gasteiger partial charge in [-0.2, -0.15) is 0 Å². The van der Waals surface area contributed by atoms with Gasteiger partial charge in [0.05, 0.1) is 0 Å². The lowest BCUT2D eigenvalue weighted by atomic mass is 9.88. The third-order valence-corrected chi connectivity index (χ3v) is 3.39. The van der Waals surface area contributed by atoms with Crippen molar-refractivity contribution < 1.29 is 4.74 Å².